The lowest BCUT2D eigenvalue weighted by molar-refractivity contribution is 0.102. The number of benzene rings is 2. The molecule has 122 valence electrons. The van der Waals surface area contributed by atoms with E-state index in [0.717, 1.165) is 10.0 Å². The third-order valence-corrected chi connectivity index (χ3v) is 4.82. The first kappa shape index (κ1) is 17.2. The fourth-order valence-electron chi connectivity index (χ4n) is 2.14. The van der Waals surface area contributed by atoms with Crippen molar-refractivity contribution in [2.24, 2.45) is 0 Å². The van der Waals surface area contributed by atoms with Crippen LogP contribution in [0.25, 0.3) is 0 Å². The molecule has 1 aromatic heterocycles. The van der Waals surface area contributed by atoms with E-state index in [0.29, 0.717) is 27.4 Å². The van der Waals surface area contributed by atoms with E-state index in [1.54, 1.807) is 23.0 Å². The molecule has 2 aromatic carbocycles. The zero-order valence-corrected chi connectivity index (χ0v) is 16.3. The fraction of sp³-hybridized carbons (Fsp3) is 0.0588. The van der Waals surface area contributed by atoms with Gasteiger partial charge in [-0.15, -0.1) is 0 Å². The van der Waals surface area contributed by atoms with E-state index in [1.165, 1.54) is 0 Å². The number of amides is 1. The van der Waals surface area contributed by atoms with Crippen LogP contribution in [0.3, 0.4) is 0 Å². The molecule has 0 saturated heterocycles. The molecule has 0 spiro atoms. The minimum Gasteiger partial charge on any atom is -0.304 e. The summed E-state index contributed by atoms with van der Waals surface area (Å²) < 4.78 is 3.35. The van der Waals surface area contributed by atoms with Gasteiger partial charge < -0.3 is 5.32 Å². The maximum atomic E-state index is 12.3. The fourth-order valence-corrected chi connectivity index (χ4v) is 3.02. The molecule has 3 aromatic rings. The summed E-state index contributed by atoms with van der Waals surface area (Å²) in [4.78, 5) is 12.3. The number of hydrogen-bond donors (Lipinski definition) is 1. The number of hydrogen-bond acceptors (Lipinski definition) is 2. The van der Waals surface area contributed by atoms with Gasteiger partial charge in [-0.1, -0.05) is 45.7 Å². The summed E-state index contributed by atoms with van der Waals surface area (Å²) in [7, 11) is 0. The predicted molar refractivity (Wildman–Crippen MR) is 103 cm³/mol. The second-order valence-electron chi connectivity index (χ2n) is 5.08. The molecule has 0 aliphatic rings. The largest absolute Gasteiger partial charge is 0.304 e. The minimum absolute atomic E-state index is 0.216. The molecule has 0 aliphatic carbocycles. The highest BCUT2D eigenvalue weighted by molar-refractivity contribution is 9.10. The molecule has 1 N–H and O–H groups in total. The molecule has 1 amide bonds. The highest BCUT2D eigenvalue weighted by Crippen LogP contribution is 2.23. The second kappa shape index (κ2) is 7.51. The van der Waals surface area contributed by atoms with Gasteiger partial charge in [0.25, 0.3) is 5.91 Å². The number of carbonyl (C=O) groups excluding carboxylic acids is 1. The number of aromatic nitrogens is 2. The maximum Gasteiger partial charge on any atom is 0.256 e. The van der Waals surface area contributed by atoms with Crippen molar-refractivity contribution < 1.29 is 4.79 Å². The van der Waals surface area contributed by atoms with E-state index in [-0.39, 0.29) is 5.91 Å². The Balaban J connectivity index is 1.75. The van der Waals surface area contributed by atoms with Crippen LogP contribution in [-0.4, -0.2) is 15.7 Å². The molecule has 0 unspecified atom stereocenters. The van der Waals surface area contributed by atoms with Gasteiger partial charge in [0.1, 0.15) is 0 Å². The molecule has 0 atom stereocenters. The Morgan fingerprint density at radius 2 is 1.83 bits per heavy atom. The van der Waals surface area contributed by atoms with Crippen LogP contribution in [0.1, 0.15) is 15.9 Å². The van der Waals surface area contributed by atoms with Gasteiger partial charge in [0.15, 0.2) is 5.82 Å². The predicted octanol–water partition coefficient (Wildman–Crippen LogP) is 5.36. The van der Waals surface area contributed by atoms with E-state index < -0.39 is 0 Å². The van der Waals surface area contributed by atoms with Gasteiger partial charge in [0.05, 0.1) is 11.0 Å². The van der Waals surface area contributed by atoms with Crippen molar-refractivity contribution in [1.29, 1.82) is 0 Å². The normalized spacial score (nSPS) is 10.6. The molecule has 0 fully saturated rings. The third-order valence-electron chi connectivity index (χ3n) is 3.35. The highest BCUT2D eigenvalue weighted by Gasteiger charge is 2.12. The van der Waals surface area contributed by atoms with Crippen LogP contribution in [0.4, 0.5) is 5.82 Å². The van der Waals surface area contributed by atoms with E-state index >= 15 is 0 Å². The van der Waals surface area contributed by atoms with Gasteiger partial charge in [-0.05, 0) is 51.8 Å². The van der Waals surface area contributed by atoms with Gasteiger partial charge in [-0.25, -0.2) is 0 Å². The first-order valence-corrected chi connectivity index (χ1v) is 9.02. The van der Waals surface area contributed by atoms with Gasteiger partial charge >= 0.3 is 0 Å². The molecular formula is C17H12Br2ClN3O. The van der Waals surface area contributed by atoms with E-state index in [2.05, 4.69) is 42.3 Å². The van der Waals surface area contributed by atoms with Crippen LogP contribution < -0.4 is 5.32 Å². The van der Waals surface area contributed by atoms with Crippen molar-refractivity contribution >= 4 is 55.2 Å². The summed E-state index contributed by atoms with van der Waals surface area (Å²) in [6.07, 6.45) is 1.81. The number of halogens is 3. The topological polar surface area (TPSA) is 46.9 Å². The van der Waals surface area contributed by atoms with Crippen LogP contribution in [0.2, 0.25) is 5.02 Å². The molecule has 7 heteroatoms. The lowest BCUT2D eigenvalue weighted by Gasteiger charge is -2.05. The van der Waals surface area contributed by atoms with Gasteiger partial charge in [-0.2, -0.15) is 5.10 Å². The van der Waals surface area contributed by atoms with Crippen molar-refractivity contribution in [3.8, 4) is 0 Å². The van der Waals surface area contributed by atoms with E-state index in [4.69, 9.17) is 11.6 Å². The number of anilines is 1. The summed E-state index contributed by atoms with van der Waals surface area (Å²) in [5.74, 6) is 0.251. The number of rotatable bonds is 4. The first-order chi connectivity index (χ1) is 11.5. The van der Waals surface area contributed by atoms with Crippen molar-refractivity contribution in [3.05, 3.63) is 79.8 Å². The minimum atomic E-state index is -0.216. The van der Waals surface area contributed by atoms with Crippen LogP contribution in [0, 0.1) is 0 Å². The lowest BCUT2D eigenvalue weighted by Crippen LogP contribution is -2.13. The van der Waals surface area contributed by atoms with Crippen molar-refractivity contribution in [3.63, 3.8) is 0 Å². The highest BCUT2D eigenvalue weighted by atomic mass is 79.9. The smallest absolute Gasteiger partial charge is 0.256 e. The van der Waals surface area contributed by atoms with E-state index in [9.17, 15) is 4.79 Å². The molecule has 3 rings (SSSR count). The van der Waals surface area contributed by atoms with Gasteiger partial charge in [0, 0.05) is 21.3 Å². The first-order valence-electron chi connectivity index (χ1n) is 7.06. The van der Waals surface area contributed by atoms with Crippen molar-refractivity contribution in [2.75, 3.05) is 5.32 Å². The zero-order valence-electron chi connectivity index (χ0n) is 12.3. The van der Waals surface area contributed by atoms with Crippen LogP contribution in [-0.2, 0) is 6.54 Å². The molecule has 0 radical (unpaired) electrons. The van der Waals surface area contributed by atoms with Crippen molar-refractivity contribution in [2.45, 2.75) is 6.54 Å². The molecule has 24 heavy (non-hydrogen) atoms. The number of carbonyl (C=O) groups is 1. The maximum absolute atomic E-state index is 12.3. The zero-order chi connectivity index (χ0) is 17.1. The van der Waals surface area contributed by atoms with Crippen LogP contribution in [0.5, 0.6) is 0 Å². The van der Waals surface area contributed by atoms with Crippen LogP contribution in [0.15, 0.2) is 63.7 Å². The Morgan fingerprint density at radius 1 is 1.12 bits per heavy atom. The monoisotopic (exact) mass is 467 g/mol. The lowest BCUT2D eigenvalue weighted by atomic mass is 10.2. The van der Waals surface area contributed by atoms with Crippen molar-refractivity contribution in [1.82, 2.24) is 9.78 Å². The molecule has 4 nitrogen and oxygen atoms in total. The average Bonchev–Trinajstić information content (AvgIpc) is 2.90. The molecular weight excluding hydrogens is 457 g/mol. The number of nitrogens with one attached hydrogen (secondary N) is 1. The Bertz CT molecular complexity index is 878. The second-order valence-corrected chi connectivity index (χ2v) is 7.25. The quantitative estimate of drug-likeness (QED) is 0.559. The van der Waals surface area contributed by atoms with E-state index in [1.807, 2.05) is 36.4 Å². The summed E-state index contributed by atoms with van der Waals surface area (Å²) in [6, 6.07) is 14.7. The standard InChI is InChI=1S/C17H12Br2ClN3O/c18-13-7-5-11(6-8-13)17(24)21-16-14(19)10-23(22-16)9-12-3-1-2-4-15(12)20/h1-8,10H,9H2,(H,21,22,24). The van der Waals surface area contributed by atoms with Gasteiger partial charge in [0.2, 0.25) is 0 Å². The Kier molecular flexibility index (Phi) is 5.38. The Labute approximate surface area is 161 Å². The third kappa shape index (κ3) is 4.06. The number of nitrogens with zero attached hydrogens (tertiary/aromatic N) is 2. The summed E-state index contributed by atoms with van der Waals surface area (Å²) in [6.45, 7) is 0.520. The van der Waals surface area contributed by atoms with Crippen LogP contribution >= 0.6 is 43.5 Å². The average molecular weight is 470 g/mol. The Hall–Kier alpha value is -1.63. The SMILES string of the molecule is O=C(Nc1nn(Cc2ccccc2Cl)cc1Br)c1ccc(Br)cc1. The van der Waals surface area contributed by atoms with Gasteiger partial charge in [-0.3, -0.25) is 9.48 Å². The summed E-state index contributed by atoms with van der Waals surface area (Å²) in [5, 5.41) is 7.88. The molecule has 0 aliphatic heterocycles. The summed E-state index contributed by atoms with van der Waals surface area (Å²) >= 11 is 12.9. The Morgan fingerprint density at radius 3 is 2.54 bits per heavy atom. The molecule has 0 saturated carbocycles. The summed E-state index contributed by atoms with van der Waals surface area (Å²) in [5.41, 5.74) is 1.52. The molecule has 1 heterocycles. The molecule has 0 bridgehead atoms.